The number of hydrogen-bond donors (Lipinski definition) is 1. The molecule has 20 heavy (non-hydrogen) atoms. The molecular weight excluding hydrogens is 254 g/mol. The van der Waals surface area contributed by atoms with Gasteiger partial charge in [-0.1, -0.05) is 0 Å². The number of benzene rings is 1. The average molecular weight is 277 g/mol. The largest absolute Gasteiger partial charge is 0.497 e. The van der Waals surface area contributed by atoms with Crippen molar-refractivity contribution in [3.05, 3.63) is 23.8 Å². The first-order valence-electron chi connectivity index (χ1n) is 7.16. The number of carbonyl (C=O) groups is 1. The second-order valence-corrected chi connectivity index (χ2v) is 5.38. The molecule has 110 valence electrons. The minimum atomic E-state index is 0.0822. The molecule has 0 unspecified atom stereocenters. The van der Waals surface area contributed by atoms with E-state index in [2.05, 4.69) is 0 Å². The summed E-state index contributed by atoms with van der Waals surface area (Å²) in [5.41, 5.74) is 6.33. The number of hydrogen-bond acceptors (Lipinski definition) is 4. The summed E-state index contributed by atoms with van der Waals surface area (Å²) in [4.78, 5) is 12.7. The van der Waals surface area contributed by atoms with E-state index in [1.807, 2.05) is 0 Å². The van der Waals surface area contributed by atoms with E-state index in [0.717, 1.165) is 32.2 Å². The normalized spacial score (nSPS) is 22.4. The molecule has 2 N–H and O–H groups in total. The quantitative estimate of drug-likeness (QED) is 0.840. The lowest BCUT2D eigenvalue weighted by atomic mass is 9.78. The van der Waals surface area contributed by atoms with Gasteiger partial charge in [0.2, 0.25) is 0 Å². The molecule has 1 aliphatic rings. The highest BCUT2D eigenvalue weighted by Crippen LogP contribution is 2.34. The van der Waals surface area contributed by atoms with E-state index in [0.29, 0.717) is 23.0 Å². The van der Waals surface area contributed by atoms with Gasteiger partial charge in [0.15, 0.2) is 5.78 Å². The SMILES string of the molecule is COc1ccc(OC)c(C(=O)C2CCC(CN)CC2)c1. The summed E-state index contributed by atoms with van der Waals surface area (Å²) in [6.07, 6.45) is 3.92. The molecule has 1 aliphatic carbocycles. The summed E-state index contributed by atoms with van der Waals surface area (Å²) >= 11 is 0. The molecular formula is C16H23NO3. The summed E-state index contributed by atoms with van der Waals surface area (Å²) in [6.45, 7) is 0.726. The zero-order valence-electron chi connectivity index (χ0n) is 12.2. The maximum absolute atomic E-state index is 12.7. The predicted molar refractivity (Wildman–Crippen MR) is 78.4 cm³/mol. The Balaban J connectivity index is 2.16. The predicted octanol–water partition coefficient (Wildman–Crippen LogP) is 2.65. The topological polar surface area (TPSA) is 61.5 Å². The lowest BCUT2D eigenvalue weighted by Crippen LogP contribution is -2.26. The van der Waals surface area contributed by atoms with Gasteiger partial charge < -0.3 is 15.2 Å². The Labute approximate surface area is 120 Å². The molecule has 0 aliphatic heterocycles. The Kier molecular flexibility index (Phi) is 5.01. The molecule has 1 aromatic carbocycles. The van der Waals surface area contributed by atoms with E-state index in [-0.39, 0.29) is 11.7 Å². The van der Waals surface area contributed by atoms with Crippen LogP contribution in [-0.2, 0) is 0 Å². The molecule has 0 bridgehead atoms. The smallest absolute Gasteiger partial charge is 0.169 e. The number of ether oxygens (including phenoxy) is 2. The molecule has 0 atom stereocenters. The van der Waals surface area contributed by atoms with Crippen LogP contribution in [0.25, 0.3) is 0 Å². The molecule has 4 heteroatoms. The number of carbonyl (C=O) groups excluding carboxylic acids is 1. The Morgan fingerprint density at radius 3 is 2.45 bits per heavy atom. The van der Waals surface area contributed by atoms with E-state index in [1.165, 1.54) is 0 Å². The van der Waals surface area contributed by atoms with Gasteiger partial charge in [0.1, 0.15) is 11.5 Å². The number of methoxy groups -OCH3 is 2. The fraction of sp³-hybridized carbons (Fsp3) is 0.562. The molecule has 1 fully saturated rings. The highest BCUT2D eigenvalue weighted by Gasteiger charge is 2.28. The number of rotatable bonds is 5. The fourth-order valence-corrected chi connectivity index (χ4v) is 2.89. The number of nitrogens with two attached hydrogens (primary N) is 1. The molecule has 2 rings (SSSR count). The third-order valence-electron chi connectivity index (χ3n) is 4.22. The summed E-state index contributed by atoms with van der Waals surface area (Å²) in [7, 11) is 3.19. The van der Waals surface area contributed by atoms with Crippen LogP contribution in [-0.4, -0.2) is 26.5 Å². The van der Waals surface area contributed by atoms with E-state index in [4.69, 9.17) is 15.2 Å². The van der Waals surface area contributed by atoms with Crippen LogP contribution in [0.15, 0.2) is 18.2 Å². The third-order valence-corrected chi connectivity index (χ3v) is 4.22. The Morgan fingerprint density at radius 1 is 1.20 bits per heavy atom. The molecule has 0 saturated heterocycles. The lowest BCUT2D eigenvalue weighted by Gasteiger charge is -2.27. The zero-order chi connectivity index (χ0) is 14.5. The molecule has 0 amide bonds. The van der Waals surface area contributed by atoms with Crippen molar-refractivity contribution >= 4 is 5.78 Å². The minimum Gasteiger partial charge on any atom is -0.497 e. The van der Waals surface area contributed by atoms with E-state index in [9.17, 15) is 4.79 Å². The molecule has 4 nitrogen and oxygen atoms in total. The first kappa shape index (κ1) is 14.9. The number of Topliss-reactive ketones (excluding diaryl/α,β-unsaturated/α-hetero) is 1. The lowest BCUT2D eigenvalue weighted by molar-refractivity contribution is 0.0870. The zero-order valence-corrected chi connectivity index (χ0v) is 12.2. The van der Waals surface area contributed by atoms with Crippen LogP contribution in [0.3, 0.4) is 0 Å². The molecule has 1 aromatic rings. The Bertz CT molecular complexity index is 465. The van der Waals surface area contributed by atoms with Crippen molar-refractivity contribution in [3.63, 3.8) is 0 Å². The van der Waals surface area contributed by atoms with Crippen molar-refractivity contribution in [1.29, 1.82) is 0 Å². The minimum absolute atomic E-state index is 0.0822. The van der Waals surface area contributed by atoms with Gasteiger partial charge in [0, 0.05) is 5.92 Å². The van der Waals surface area contributed by atoms with Crippen LogP contribution < -0.4 is 15.2 Å². The van der Waals surface area contributed by atoms with Crippen LogP contribution in [0.4, 0.5) is 0 Å². The van der Waals surface area contributed by atoms with Gasteiger partial charge >= 0.3 is 0 Å². The second-order valence-electron chi connectivity index (χ2n) is 5.38. The van der Waals surface area contributed by atoms with Crippen molar-refractivity contribution in [3.8, 4) is 11.5 Å². The molecule has 0 aromatic heterocycles. The average Bonchev–Trinajstić information content (AvgIpc) is 2.53. The van der Waals surface area contributed by atoms with Gasteiger partial charge in [-0.25, -0.2) is 0 Å². The van der Waals surface area contributed by atoms with Crippen LogP contribution in [0.5, 0.6) is 11.5 Å². The summed E-state index contributed by atoms with van der Waals surface area (Å²) < 4.78 is 10.5. The van der Waals surface area contributed by atoms with Gasteiger partial charge in [0.25, 0.3) is 0 Å². The van der Waals surface area contributed by atoms with Crippen molar-refractivity contribution in [2.45, 2.75) is 25.7 Å². The van der Waals surface area contributed by atoms with Crippen molar-refractivity contribution in [2.24, 2.45) is 17.6 Å². The Hall–Kier alpha value is -1.55. The van der Waals surface area contributed by atoms with E-state index in [1.54, 1.807) is 32.4 Å². The summed E-state index contributed by atoms with van der Waals surface area (Å²) in [5, 5.41) is 0. The summed E-state index contributed by atoms with van der Waals surface area (Å²) in [6, 6.07) is 5.37. The number of ketones is 1. The molecule has 0 heterocycles. The Morgan fingerprint density at radius 2 is 1.90 bits per heavy atom. The summed E-state index contributed by atoms with van der Waals surface area (Å²) in [5.74, 6) is 2.13. The maximum atomic E-state index is 12.7. The highest BCUT2D eigenvalue weighted by molar-refractivity contribution is 6.00. The van der Waals surface area contributed by atoms with Crippen LogP contribution in [0.2, 0.25) is 0 Å². The highest BCUT2D eigenvalue weighted by atomic mass is 16.5. The second kappa shape index (κ2) is 6.75. The molecule has 0 radical (unpaired) electrons. The van der Waals surface area contributed by atoms with Gasteiger partial charge in [-0.2, -0.15) is 0 Å². The van der Waals surface area contributed by atoms with Gasteiger partial charge in [-0.3, -0.25) is 4.79 Å². The van der Waals surface area contributed by atoms with Crippen molar-refractivity contribution in [2.75, 3.05) is 20.8 Å². The fourth-order valence-electron chi connectivity index (χ4n) is 2.89. The third kappa shape index (κ3) is 3.12. The van der Waals surface area contributed by atoms with Crippen LogP contribution >= 0.6 is 0 Å². The van der Waals surface area contributed by atoms with Crippen LogP contribution in [0, 0.1) is 11.8 Å². The van der Waals surface area contributed by atoms with Gasteiger partial charge in [-0.15, -0.1) is 0 Å². The van der Waals surface area contributed by atoms with E-state index >= 15 is 0 Å². The van der Waals surface area contributed by atoms with Crippen LogP contribution in [0.1, 0.15) is 36.0 Å². The van der Waals surface area contributed by atoms with E-state index < -0.39 is 0 Å². The van der Waals surface area contributed by atoms with Crippen molar-refractivity contribution in [1.82, 2.24) is 0 Å². The maximum Gasteiger partial charge on any atom is 0.169 e. The molecule has 1 saturated carbocycles. The monoisotopic (exact) mass is 277 g/mol. The first-order valence-corrected chi connectivity index (χ1v) is 7.16. The first-order chi connectivity index (χ1) is 9.69. The van der Waals surface area contributed by atoms with Crippen molar-refractivity contribution < 1.29 is 14.3 Å². The van der Waals surface area contributed by atoms with Gasteiger partial charge in [0.05, 0.1) is 19.8 Å². The van der Waals surface area contributed by atoms with Gasteiger partial charge in [-0.05, 0) is 56.3 Å². The standard InChI is InChI=1S/C16H23NO3/c1-19-13-7-8-15(20-2)14(9-13)16(18)12-5-3-11(10-17)4-6-12/h7-9,11-12H,3-6,10,17H2,1-2H3. The molecule has 0 spiro atoms.